The zero-order valence-corrected chi connectivity index (χ0v) is 14.4. The highest BCUT2D eigenvalue weighted by Gasteiger charge is 2.17. The Balaban J connectivity index is 1.99. The van der Waals surface area contributed by atoms with Gasteiger partial charge in [-0.05, 0) is 47.3 Å². The molecule has 10 heteroatoms. The number of nitro groups is 1. The van der Waals surface area contributed by atoms with Crippen molar-refractivity contribution in [2.24, 2.45) is 0 Å². The van der Waals surface area contributed by atoms with E-state index in [1.54, 1.807) is 0 Å². The van der Waals surface area contributed by atoms with E-state index >= 15 is 0 Å². The van der Waals surface area contributed by atoms with Gasteiger partial charge in [-0.3, -0.25) is 10.1 Å². The maximum absolute atomic E-state index is 10.9. The van der Waals surface area contributed by atoms with Crippen LogP contribution in [0.2, 0.25) is 0 Å². The van der Waals surface area contributed by atoms with E-state index in [2.05, 4.69) is 15.5 Å². The molecule has 1 aromatic heterocycles. The molecule has 130 valence electrons. The molecule has 0 aliphatic carbocycles. The zero-order valence-electron chi connectivity index (χ0n) is 13.6. The Labute approximate surface area is 152 Å². The second-order valence-corrected chi connectivity index (χ2v) is 5.93. The fourth-order valence-corrected chi connectivity index (χ4v) is 3.06. The van der Waals surface area contributed by atoms with Crippen molar-refractivity contribution >= 4 is 17.4 Å². The van der Waals surface area contributed by atoms with Crippen LogP contribution in [0.25, 0.3) is 5.69 Å². The third kappa shape index (κ3) is 3.47. The molecule has 0 unspecified atom stereocenters. The molecule has 0 aliphatic rings. The molecule has 9 nitrogen and oxygen atoms in total. The van der Waals surface area contributed by atoms with Crippen molar-refractivity contribution < 1.29 is 9.66 Å². The Bertz CT molecular complexity index is 998. The Hall–Kier alpha value is -3.45. The van der Waals surface area contributed by atoms with Crippen molar-refractivity contribution in [1.29, 1.82) is 5.26 Å². The van der Waals surface area contributed by atoms with Gasteiger partial charge >= 0.3 is 0 Å². The first-order chi connectivity index (χ1) is 12.6. The lowest BCUT2D eigenvalue weighted by Crippen LogP contribution is -2.03. The summed E-state index contributed by atoms with van der Waals surface area (Å²) < 4.78 is 7.10. The van der Waals surface area contributed by atoms with Gasteiger partial charge < -0.3 is 4.74 Å². The Morgan fingerprint density at radius 3 is 2.88 bits per heavy atom. The van der Waals surface area contributed by atoms with E-state index in [9.17, 15) is 15.4 Å². The van der Waals surface area contributed by atoms with Gasteiger partial charge in [0.25, 0.3) is 5.69 Å². The number of hydrogen-bond donors (Lipinski definition) is 0. The lowest BCUT2D eigenvalue weighted by atomic mass is 10.2. The van der Waals surface area contributed by atoms with Gasteiger partial charge in [0.1, 0.15) is 17.5 Å². The first-order valence-electron chi connectivity index (χ1n) is 7.51. The molecule has 0 saturated carbocycles. The summed E-state index contributed by atoms with van der Waals surface area (Å²) in [6.07, 6.45) is 0. The third-order valence-corrected chi connectivity index (χ3v) is 4.34. The molecule has 0 fully saturated rings. The first kappa shape index (κ1) is 17.4. The average Bonchev–Trinajstić information content (AvgIpc) is 3.10. The number of para-hydroxylation sites is 2. The fourth-order valence-electron chi connectivity index (χ4n) is 2.21. The summed E-state index contributed by atoms with van der Waals surface area (Å²) in [5, 5.41) is 32.2. The van der Waals surface area contributed by atoms with Crippen molar-refractivity contribution in [2.45, 2.75) is 17.0 Å². The largest absolute Gasteiger partial charge is 0.492 e. The average molecular weight is 368 g/mol. The second kappa shape index (κ2) is 7.62. The number of ether oxygens (including phenoxy) is 1. The molecule has 0 amide bonds. The van der Waals surface area contributed by atoms with Crippen LogP contribution in [0.5, 0.6) is 5.75 Å². The van der Waals surface area contributed by atoms with Gasteiger partial charge in [0, 0.05) is 17.0 Å². The molecule has 0 bridgehead atoms. The van der Waals surface area contributed by atoms with Crippen LogP contribution in [0, 0.1) is 21.4 Å². The molecule has 0 N–H and O–H groups in total. The highest BCUT2D eigenvalue weighted by molar-refractivity contribution is 7.99. The standard InChI is InChI=1S/C16H12N6O3S/c1-2-25-14-6-4-3-5-13(14)21-16(18-19-20-21)26-15-8-7-12(22(23)24)9-11(15)10-17/h3-9H,2H2,1H3. The number of benzene rings is 2. The maximum atomic E-state index is 10.9. The monoisotopic (exact) mass is 368 g/mol. The van der Waals surface area contributed by atoms with Crippen LogP contribution in [-0.4, -0.2) is 31.7 Å². The lowest BCUT2D eigenvalue weighted by Gasteiger charge is -2.10. The molecule has 3 rings (SSSR count). The molecule has 0 aliphatic heterocycles. The molecule has 1 heterocycles. The van der Waals surface area contributed by atoms with E-state index in [1.165, 1.54) is 22.9 Å². The maximum Gasteiger partial charge on any atom is 0.270 e. The van der Waals surface area contributed by atoms with Crippen LogP contribution < -0.4 is 4.74 Å². The fraction of sp³-hybridized carbons (Fsp3) is 0.125. The number of nitrogens with zero attached hydrogens (tertiary/aromatic N) is 6. The summed E-state index contributed by atoms with van der Waals surface area (Å²) in [5.74, 6) is 0.619. The molecule has 26 heavy (non-hydrogen) atoms. The molecular formula is C16H12N6O3S. The second-order valence-electron chi connectivity index (χ2n) is 4.93. The number of tetrazole rings is 1. The first-order valence-corrected chi connectivity index (χ1v) is 8.32. The Morgan fingerprint density at radius 1 is 1.35 bits per heavy atom. The SMILES string of the molecule is CCOc1ccccc1-n1nnnc1Sc1ccc([N+](=O)[O-])cc1C#N. The molecule has 2 aromatic carbocycles. The zero-order chi connectivity index (χ0) is 18.5. The third-order valence-electron chi connectivity index (χ3n) is 3.33. The van der Waals surface area contributed by atoms with E-state index in [0.717, 1.165) is 11.8 Å². The van der Waals surface area contributed by atoms with Crippen molar-refractivity contribution in [3.63, 3.8) is 0 Å². The number of rotatable bonds is 6. The van der Waals surface area contributed by atoms with Gasteiger partial charge in [0.15, 0.2) is 0 Å². The molecule has 0 spiro atoms. The molecule has 0 saturated heterocycles. The van der Waals surface area contributed by atoms with E-state index in [0.29, 0.717) is 28.1 Å². The predicted octanol–water partition coefficient (Wildman–Crippen LogP) is 2.99. The van der Waals surface area contributed by atoms with Gasteiger partial charge in [0.2, 0.25) is 5.16 Å². The van der Waals surface area contributed by atoms with Gasteiger partial charge in [-0.1, -0.05) is 12.1 Å². The number of nitriles is 1. The summed E-state index contributed by atoms with van der Waals surface area (Å²) >= 11 is 1.14. The van der Waals surface area contributed by atoms with Crippen LogP contribution in [0.4, 0.5) is 5.69 Å². The van der Waals surface area contributed by atoms with Gasteiger partial charge in [-0.15, -0.1) is 5.10 Å². The van der Waals surface area contributed by atoms with E-state index in [4.69, 9.17) is 4.74 Å². The summed E-state index contributed by atoms with van der Waals surface area (Å²) in [7, 11) is 0. The van der Waals surface area contributed by atoms with E-state index in [1.807, 2.05) is 37.3 Å². The van der Waals surface area contributed by atoms with Crippen LogP contribution in [0.1, 0.15) is 12.5 Å². The number of hydrogen-bond acceptors (Lipinski definition) is 8. The van der Waals surface area contributed by atoms with Crippen molar-refractivity contribution in [3.05, 3.63) is 58.1 Å². The van der Waals surface area contributed by atoms with Gasteiger partial charge in [-0.2, -0.15) is 9.94 Å². The van der Waals surface area contributed by atoms with Gasteiger partial charge in [-0.25, -0.2) is 0 Å². The Kier molecular flexibility index (Phi) is 5.09. The molecule has 0 atom stereocenters. The summed E-state index contributed by atoms with van der Waals surface area (Å²) in [4.78, 5) is 10.8. The van der Waals surface area contributed by atoms with Crippen LogP contribution in [-0.2, 0) is 0 Å². The highest BCUT2D eigenvalue weighted by atomic mass is 32.2. The number of aromatic nitrogens is 4. The predicted molar refractivity (Wildman–Crippen MR) is 92.3 cm³/mol. The van der Waals surface area contributed by atoms with E-state index in [-0.39, 0.29) is 11.3 Å². The Morgan fingerprint density at radius 2 is 2.15 bits per heavy atom. The minimum absolute atomic E-state index is 0.146. The molecular weight excluding hydrogens is 356 g/mol. The molecule has 3 aromatic rings. The van der Waals surface area contributed by atoms with E-state index < -0.39 is 4.92 Å². The summed E-state index contributed by atoms with van der Waals surface area (Å²) in [5.41, 5.74) is 0.686. The van der Waals surface area contributed by atoms with Crippen molar-refractivity contribution in [3.8, 4) is 17.5 Å². The topological polar surface area (TPSA) is 120 Å². The van der Waals surface area contributed by atoms with Crippen molar-refractivity contribution in [1.82, 2.24) is 20.2 Å². The van der Waals surface area contributed by atoms with Gasteiger partial charge in [0.05, 0.1) is 17.1 Å². The minimum atomic E-state index is -0.544. The molecule has 0 radical (unpaired) electrons. The quantitative estimate of drug-likeness (QED) is 0.481. The lowest BCUT2D eigenvalue weighted by molar-refractivity contribution is -0.384. The number of nitro benzene ring substituents is 1. The highest BCUT2D eigenvalue weighted by Crippen LogP contribution is 2.33. The van der Waals surface area contributed by atoms with Crippen LogP contribution >= 0.6 is 11.8 Å². The van der Waals surface area contributed by atoms with Crippen molar-refractivity contribution in [2.75, 3.05) is 6.61 Å². The number of non-ortho nitro benzene ring substituents is 1. The minimum Gasteiger partial charge on any atom is -0.492 e. The van der Waals surface area contributed by atoms with Crippen LogP contribution in [0.15, 0.2) is 52.5 Å². The summed E-state index contributed by atoms with van der Waals surface area (Å²) in [6, 6.07) is 13.3. The smallest absolute Gasteiger partial charge is 0.270 e. The van der Waals surface area contributed by atoms with Crippen LogP contribution in [0.3, 0.4) is 0 Å². The normalized spacial score (nSPS) is 10.3. The summed E-state index contributed by atoms with van der Waals surface area (Å²) in [6.45, 7) is 2.37.